The number of hydrogen-bond donors (Lipinski definition) is 1. The van der Waals surface area contributed by atoms with Crippen LogP contribution in [0.3, 0.4) is 0 Å². The number of amides is 1. The zero-order valence-electron chi connectivity index (χ0n) is 8.00. The van der Waals surface area contributed by atoms with Crippen molar-refractivity contribution in [1.82, 2.24) is 9.27 Å². The molecule has 1 rings (SSSR count). The number of nitrogens with one attached hydrogen (secondary N) is 1. The minimum absolute atomic E-state index is 0.00588. The van der Waals surface area contributed by atoms with E-state index in [9.17, 15) is 4.79 Å². The Morgan fingerprint density at radius 3 is 2.85 bits per heavy atom. The molecule has 1 N–H and O–H groups in total. The highest BCUT2D eigenvalue weighted by molar-refractivity contribution is 7.10. The van der Waals surface area contributed by atoms with Crippen LogP contribution in [0.4, 0.5) is 5.00 Å². The van der Waals surface area contributed by atoms with Gasteiger partial charge in [0, 0.05) is 0 Å². The molecule has 4 nitrogen and oxygen atoms in total. The fourth-order valence-corrected chi connectivity index (χ4v) is 1.56. The second-order valence-electron chi connectivity index (χ2n) is 3.12. The molecule has 0 saturated heterocycles. The summed E-state index contributed by atoms with van der Waals surface area (Å²) in [6, 6.07) is 1.86. The SMILES string of the molecule is Cc1cc(NC(=O)CN(C)C)sn1. The standard InChI is InChI=1S/C8H13N3OS/c1-6-4-8(13-10-6)9-7(12)5-11(2)3/h4H,5H2,1-3H3,(H,9,12). The highest BCUT2D eigenvalue weighted by Gasteiger charge is 2.05. The lowest BCUT2D eigenvalue weighted by atomic mass is 10.4. The maximum atomic E-state index is 11.3. The normalized spacial score (nSPS) is 10.5. The van der Waals surface area contributed by atoms with Crippen molar-refractivity contribution < 1.29 is 4.79 Å². The lowest BCUT2D eigenvalue weighted by Crippen LogP contribution is -2.26. The first-order valence-electron chi connectivity index (χ1n) is 3.96. The van der Waals surface area contributed by atoms with E-state index in [-0.39, 0.29) is 5.91 Å². The van der Waals surface area contributed by atoms with Gasteiger partial charge in [-0.25, -0.2) is 0 Å². The highest BCUT2D eigenvalue weighted by atomic mass is 32.1. The molecule has 0 spiro atoms. The number of rotatable bonds is 3. The van der Waals surface area contributed by atoms with E-state index in [1.807, 2.05) is 32.0 Å². The second-order valence-corrected chi connectivity index (χ2v) is 3.92. The molecule has 0 saturated carbocycles. The number of carbonyl (C=O) groups is 1. The molecule has 5 heteroatoms. The fraction of sp³-hybridized carbons (Fsp3) is 0.500. The van der Waals surface area contributed by atoms with Crippen molar-refractivity contribution in [2.75, 3.05) is 26.0 Å². The largest absolute Gasteiger partial charge is 0.315 e. The summed E-state index contributed by atoms with van der Waals surface area (Å²) in [5.41, 5.74) is 0.935. The zero-order valence-corrected chi connectivity index (χ0v) is 8.81. The van der Waals surface area contributed by atoms with Crippen LogP contribution in [0.25, 0.3) is 0 Å². The molecule has 0 aliphatic heterocycles. The van der Waals surface area contributed by atoms with E-state index < -0.39 is 0 Å². The van der Waals surface area contributed by atoms with Crippen LogP contribution in [0.15, 0.2) is 6.07 Å². The monoisotopic (exact) mass is 199 g/mol. The summed E-state index contributed by atoms with van der Waals surface area (Å²) >= 11 is 1.30. The molecule has 0 atom stereocenters. The van der Waals surface area contributed by atoms with E-state index in [0.29, 0.717) is 6.54 Å². The van der Waals surface area contributed by atoms with E-state index in [1.54, 1.807) is 0 Å². The molecule has 0 fully saturated rings. The molecule has 0 unspecified atom stereocenters. The van der Waals surface area contributed by atoms with Crippen LogP contribution in [-0.2, 0) is 4.79 Å². The molecule has 0 radical (unpaired) electrons. The third-order valence-corrected chi connectivity index (χ3v) is 2.15. The minimum Gasteiger partial charge on any atom is -0.315 e. The van der Waals surface area contributed by atoms with Gasteiger partial charge in [0.15, 0.2) is 0 Å². The molecule has 0 bridgehead atoms. The lowest BCUT2D eigenvalue weighted by molar-refractivity contribution is -0.116. The molecular weight excluding hydrogens is 186 g/mol. The molecule has 1 heterocycles. The van der Waals surface area contributed by atoms with E-state index in [0.717, 1.165) is 10.7 Å². The van der Waals surface area contributed by atoms with Gasteiger partial charge in [0.05, 0.1) is 12.2 Å². The van der Waals surface area contributed by atoms with Gasteiger partial charge in [-0.3, -0.25) is 4.79 Å². The van der Waals surface area contributed by atoms with Crippen LogP contribution in [0, 0.1) is 6.92 Å². The summed E-state index contributed by atoms with van der Waals surface area (Å²) in [6.07, 6.45) is 0. The number of nitrogens with zero attached hydrogens (tertiary/aromatic N) is 2. The number of aryl methyl sites for hydroxylation is 1. The quantitative estimate of drug-likeness (QED) is 0.788. The van der Waals surface area contributed by atoms with Gasteiger partial charge in [-0.2, -0.15) is 4.37 Å². The smallest absolute Gasteiger partial charge is 0.239 e. The van der Waals surface area contributed by atoms with Crippen molar-refractivity contribution in [2.45, 2.75) is 6.92 Å². The molecule has 1 amide bonds. The highest BCUT2D eigenvalue weighted by Crippen LogP contribution is 2.14. The topological polar surface area (TPSA) is 45.2 Å². The Labute approximate surface area is 81.7 Å². The Balaban J connectivity index is 2.45. The predicted octanol–water partition coefficient (Wildman–Crippen LogP) is 0.952. The number of likely N-dealkylation sites (N-methyl/N-ethyl adjacent to an activating group) is 1. The van der Waals surface area contributed by atoms with Crippen LogP contribution >= 0.6 is 11.5 Å². The van der Waals surface area contributed by atoms with Gasteiger partial charge in [0.1, 0.15) is 5.00 Å². The third kappa shape index (κ3) is 3.52. The first kappa shape index (κ1) is 10.1. The summed E-state index contributed by atoms with van der Waals surface area (Å²) in [5, 5.41) is 3.58. The van der Waals surface area contributed by atoms with Crippen molar-refractivity contribution in [1.29, 1.82) is 0 Å². The molecule has 1 aromatic heterocycles. The Kier molecular flexibility index (Phi) is 3.39. The van der Waals surface area contributed by atoms with Gasteiger partial charge >= 0.3 is 0 Å². The molecule has 72 valence electrons. The van der Waals surface area contributed by atoms with E-state index >= 15 is 0 Å². The first-order chi connectivity index (χ1) is 6.08. The number of anilines is 1. The average molecular weight is 199 g/mol. The Bertz CT molecular complexity index is 295. The fourth-order valence-electron chi connectivity index (χ4n) is 0.887. The molecule has 0 aliphatic carbocycles. The summed E-state index contributed by atoms with van der Waals surface area (Å²) in [7, 11) is 3.72. The Morgan fingerprint density at radius 2 is 2.38 bits per heavy atom. The predicted molar refractivity (Wildman–Crippen MR) is 54.0 cm³/mol. The molecule has 0 aromatic carbocycles. The summed E-state index contributed by atoms with van der Waals surface area (Å²) in [4.78, 5) is 13.1. The van der Waals surface area contributed by atoms with Gasteiger partial charge < -0.3 is 10.2 Å². The van der Waals surface area contributed by atoms with Crippen molar-refractivity contribution in [2.24, 2.45) is 0 Å². The lowest BCUT2D eigenvalue weighted by Gasteiger charge is -2.07. The van der Waals surface area contributed by atoms with Gasteiger partial charge in [0.2, 0.25) is 5.91 Å². The van der Waals surface area contributed by atoms with Crippen molar-refractivity contribution in [3.8, 4) is 0 Å². The summed E-state index contributed by atoms with van der Waals surface area (Å²) in [6.45, 7) is 2.30. The number of aromatic nitrogens is 1. The summed E-state index contributed by atoms with van der Waals surface area (Å²) < 4.78 is 4.06. The van der Waals surface area contributed by atoms with Gasteiger partial charge in [-0.05, 0) is 38.6 Å². The molecule has 13 heavy (non-hydrogen) atoms. The average Bonchev–Trinajstić information content (AvgIpc) is 2.33. The van der Waals surface area contributed by atoms with Gasteiger partial charge in [-0.15, -0.1) is 0 Å². The van der Waals surface area contributed by atoms with Gasteiger partial charge in [-0.1, -0.05) is 0 Å². The number of carbonyl (C=O) groups excluding carboxylic acids is 1. The van der Waals surface area contributed by atoms with Crippen molar-refractivity contribution in [3.05, 3.63) is 11.8 Å². The molecule has 1 aromatic rings. The zero-order chi connectivity index (χ0) is 9.84. The van der Waals surface area contributed by atoms with E-state index in [1.165, 1.54) is 11.5 Å². The van der Waals surface area contributed by atoms with Crippen LogP contribution in [0.2, 0.25) is 0 Å². The van der Waals surface area contributed by atoms with Crippen molar-refractivity contribution >= 4 is 22.4 Å². The van der Waals surface area contributed by atoms with E-state index in [4.69, 9.17) is 0 Å². The third-order valence-electron chi connectivity index (χ3n) is 1.35. The Hall–Kier alpha value is -0.940. The maximum Gasteiger partial charge on any atom is 0.239 e. The number of hydrogen-bond acceptors (Lipinski definition) is 4. The molecule has 0 aliphatic rings. The van der Waals surface area contributed by atoms with Crippen LogP contribution < -0.4 is 5.32 Å². The van der Waals surface area contributed by atoms with Crippen LogP contribution in [0.1, 0.15) is 5.69 Å². The van der Waals surface area contributed by atoms with Crippen LogP contribution in [0.5, 0.6) is 0 Å². The van der Waals surface area contributed by atoms with Gasteiger partial charge in [0.25, 0.3) is 0 Å². The minimum atomic E-state index is -0.00588. The van der Waals surface area contributed by atoms with Crippen LogP contribution in [-0.4, -0.2) is 35.8 Å². The Morgan fingerprint density at radius 1 is 1.69 bits per heavy atom. The second kappa shape index (κ2) is 4.34. The summed E-state index contributed by atoms with van der Waals surface area (Å²) in [5.74, 6) is -0.00588. The van der Waals surface area contributed by atoms with Crippen molar-refractivity contribution in [3.63, 3.8) is 0 Å². The maximum absolute atomic E-state index is 11.3. The first-order valence-corrected chi connectivity index (χ1v) is 4.73. The molecular formula is C8H13N3OS. The van der Waals surface area contributed by atoms with E-state index in [2.05, 4.69) is 9.69 Å².